The first-order valence-corrected chi connectivity index (χ1v) is 9.51. The molecule has 2 aliphatic rings. The molecule has 0 N–H and O–H groups in total. The van der Waals surface area contributed by atoms with E-state index >= 15 is 0 Å². The van der Waals surface area contributed by atoms with Gasteiger partial charge in [0.1, 0.15) is 0 Å². The summed E-state index contributed by atoms with van der Waals surface area (Å²) in [5.74, 6) is -0.102. The predicted octanol–water partition coefficient (Wildman–Crippen LogP) is 1.48. The van der Waals surface area contributed by atoms with Crippen LogP contribution in [-0.4, -0.2) is 71.0 Å². The molecule has 0 saturated carbocycles. The van der Waals surface area contributed by atoms with E-state index in [9.17, 15) is 14.4 Å². The molecule has 27 heavy (non-hydrogen) atoms. The number of carbonyl (C=O) groups is 3. The van der Waals surface area contributed by atoms with Crippen LogP contribution in [-0.2, 0) is 14.4 Å². The van der Waals surface area contributed by atoms with Gasteiger partial charge in [0.25, 0.3) is 0 Å². The molecule has 0 radical (unpaired) electrons. The highest BCUT2D eigenvalue weighted by molar-refractivity contribution is 6.02. The molecule has 1 aromatic carbocycles. The van der Waals surface area contributed by atoms with Crippen LogP contribution in [0.2, 0.25) is 0 Å². The normalized spacial score (nSPS) is 17.5. The van der Waals surface area contributed by atoms with E-state index in [0.717, 1.165) is 24.1 Å². The van der Waals surface area contributed by atoms with Crippen LogP contribution in [0.3, 0.4) is 0 Å². The van der Waals surface area contributed by atoms with Crippen molar-refractivity contribution >= 4 is 23.4 Å². The van der Waals surface area contributed by atoms with Crippen molar-refractivity contribution in [2.75, 3.05) is 32.7 Å². The van der Waals surface area contributed by atoms with E-state index < -0.39 is 0 Å². The zero-order valence-corrected chi connectivity index (χ0v) is 15.8. The maximum Gasteiger partial charge on any atom is 0.243 e. The van der Waals surface area contributed by atoms with E-state index in [4.69, 9.17) is 0 Å². The van der Waals surface area contributed by atoms with E-state index in [1.165, 1.54) is 5.01 Å². The van der Waals surface area contributed by atoms with Crippen molar-refractivity contribution in [1.29, 1.82) is 0 Å². The second-order valence-electron chi connectivity index (χ2n) is 6.92. The van der Waals surface area contributed by atoms with Gasteiger partial charge in [-0.1, -0.05) is 30.3 Å². The van der Waals surface area contributed by atoms with Gasteiger partial charge >= 0.3 is 0 Å². The van der Waals surface area contributed by atoms with Crippen LogP contribution in [0.15, 0.2) is 35.4 Å². The van der Waals surface area contributed by atoms with Gasteiger partial charge in [-0.05, 0) is 12.0 Å². The molecule has 0 aliphatic carbocycles. The van der Waals surface area contributed by atoms with E-state index in [0.29, 0.717) is 32.7 Å². The number of rotatable bonds is 4. The fraction of sp³-hybridized carbons (Fsp3) is 0.500. The second-order valence-corrected chi connectivity index (χ2v) is 6.92. The summed E-state index contributed by atoms with van der Waals surface area (Å²) in [6.45, 7) is 4.53. The van der Waals surface area contributed by atoms with Crippen molar-refractivity contribution < 1.29 is 14.4 Å². The van der Waals surface area contributed by atoms with Crippen molar-refractivity contribution in [3.63, 3.8) is 0 Å². The van der Waals surface area contributed by atoms with Crippen LogP contribution in [0.4, 0.5) is 0 Å². The smallest absolute Gasteiger partial charge is 0.243 e. The van der Waals surface area contributed by atoms with Crippen LogP contribution in [0.25, 0.3) is 0 Å². The van der Waals surface area contributed by atoms with Crippen molar-refractivity contribution in [3.05, 3.63) is 35.9 Å². The van der Waals surface area contributed by atoms with Crippen LogP contribution >= 0.6 is 0 Å². The minimum absolute atomic E-state index is 0.0276. The molecule has 0 atom stereocenters. The molecule has 2 aliphatic heterocycles. The summed E-state index contributed by atoms with van der Waals surface area (Å²) in [7, 11) is 0. The third-order valence-corrected chi connectivity index (χ3v) is 5.04. The van der Waals surface area contributed by atoms with Crippen LogP contribution in [0, 0.1) is 0 Å². The molecule has 2 heterocycles. The number of benzene rings is 1. The number of amides is 3. The molecule has 0 spiro atoms. The molecule has 1 saturated heterocycles. The maximum absolute atomic E-state index is 12.4. The van der Waals surface area contributed by atoms with Crippen LogP contribution in [0.5, 0.6) is 0 Å². The Morgan fingerprint density at radius 1 is 0.889 bits per heavy atom. The third kappa shape index (κ3) is 4.93. The Labute approximate surface area is 159 Å². The minimum Gasteiger partial charge on any atom is -0.341 e. The summed E-state index contributed by atoms with van der Waals surface area (Å²) in [5, 5.41) is 5.91. The highest BCUT2D eigenvalue weighted by Gasteiger charge is 2.24. The van der Waals surface area contributed by atoms with Crippen molar-refractivity contribution in [2.45, 2.75) is 32.6 Å². The molecule has 0 unspecified atom stereocenters. The van der Waals surface area contributed by atoms with Gasteiger partial charge < -0.3 is 9.80 Å². The highest BCUT2D eigenvalue weighted by atomic mass is 16.2. The molecule has 0 bridgehead atoms. The summed E-state index contributed by atoms with van der Waals surface area (Å²) in [4.78, 5) is 39.9. The van der Waals surface area contributed by atoms with Gasteiger partial charge in [-0.25, -0.2) is 5.01 Å². The van der Waals surface area contributed by atoms with E-state index in [2.05, 4.69) is 5.10 Å². The number of hydrogen-bond donors (Lipinski definition) is 0. The Hall–Kier alpha value is -2.70. The minimum atomic E-state index is -0.116. The molecule has 0 aromatic heterocycles. The number of hydrazone groups is 1. The third-order valence-electron chi connectivity index (χ3n) is 5.04. The lowest BCUT2D eigenvalue weighted by Crippen LogP contribution is -2.37. The van der Waals surface area contributed by atoms with Crippen molar-refractivity contribution in [1.82, 2.24) is 14.8 Å². The van der Waals surface area contributed by atoms with Gasteiger partial charge in [0.15, 0.2) is 0 Å². The highest BCUT2D eigenvalue weighted by Crippen LogP contribution is 2.15. The largest absolute Gasteiger partial charge is 0.341 e. The Bertz CT molecular complexity index is 732. The lowest BCUT2D eigenvalue weighted by molar-refractivity contribution is -0.136. The topological polar surface area (TPSA) is 73.3 Å². The summed E-state index contributed by atoms with van der Waals surface area (Å²) >= 11 is 0. The SMILES string of the molecule is CC(=O)N1CCCN(C(=O)CCC(=O)N2CCC(c3ccccc3)=N2)CC1. The molecule has 7 nitrogen and oxygen atoms in total. The first-order valence-electron chi connectivity index (χ1n) is 9.51. The Morgan fingerprint density at radius 2 is 1.56 bits per heavy atom. The quantitative estimate of drug-likeness (QED) is 0.806. The number of nitrogens with zero attached hydrogens (tertiary/aromatic N) is 4. The van der Waals surface area contributed by atoms with E-state index in [1.54, 1.807) is 16.7 Å². The summed E-state index contributed by atoms with van der Waals surface area (Å²) in [6, 6.07) is 9.83. The molecule has 7 heteroatoms. The molecule has 1 fully saturated rings. The van der Waals surface area contributed by atoms with E-state index in [1.807, 2.05) is 30.3 Å². The molecule has 3 rings (SSSR count). The molecular formula is C20H26N4O3. The van der Waals surface area contributed by atoms with Gasteiger partial charge in [0.2, 0.25) is 17.7 Å². The van der Waals surface area contributed by atoms with Gasteiger partial charge in [-0.3, -0.25) is 14.4 Å². The van der Waals surface area contributed by atoms with E-state index in [-0.39, 0.29) is 30.6 Å². The fourth-order valence-electron chi connectivity index (χ4n) is 3.45. The van der Waals surface area contributed by atoms with Crippen LogP contribution in [0.1, 0.15) is 38.2 Å². The van der Waals surface area contributed by atoms with Crippen molar-refractivity contribution in [3.8, 4) is 0 Å². The van der Waals surface area contributed by atoms with Gasteiger partial charge in [0.05, 0.1) is 12.3 Å². The van der Waals surface area contributed by atoms with Crippen LogP contribution < -0.4 is 0 Å². The molecule has 144 valence electrons. The lowest BCUT2D eigenvalue weighted by atomic mass is 10.1. The lowest BCUT2D eigenvalue weighted by Gasteiger charge is -2.21. The van der Waals surface area contributed by atoms with Gasteiger partial charge in [0, 0.05) is 52.4 Å². The summed E-state index contributed by atoms with van der Waals surface area (Å²) in [5.41, 5.74) is 1.94. The Balaban J connectivity index is 1.48. The predicted molar refractivity (Wildman–Crippen MR) is 102 cm³/mol. The standard InChI is InChI=1S/C20H26N4O3/c1-16(25)22-11-5-12-23(15-14-22)19(26)8-9-20(27)24-13-10-18(21-24)17-6-3-2-4-7-17/h2-4,6-7H,5,8-15H2,1H3. The first kappa shape index (κ1) is 19.1. The maximum atomic E-state index is 12.4. The zero-order valence-electron chi connectivity index (χ0n) is 15.8. The summed E-state index contributed by atoms with van der Waals surface area (Å²) < 4.78 is 0. The second kappa shape index (κ2) is 8.79. The monoisotopic (exact) mass is 370 g/mol. The first-order chi connectivity index (χ1) is 13.0. The molecule has 3 amide bonds. The fourth-order valence-corrected chi connectivity index (χ4v) is 3.45. The van der Waals surface area contributed by atoms with Gasteiger partial charge in [-0.2, -0.15) is 5.10 Å². The molecular weight excluding hydrogens is 344 g/mol. The summed E-state index contributed by atoms with van der Waals surface area (Å²) in [6.07, 6.45) is 1.86. The zero-order chi connectivity index (χ0) is 19.2. The Morgan fingerprint density at radius 3 is 2.30 bits per heavy atom. The average molecular weight is 370 g/mol. The average Bonchev–Trinajstić information content (AvgIpc) is 3.04. The number of hydrogen-bond acceptors (Lipinski definition) is 4. The van der Waals surface area contributed by atoms with Gasteiger partial charge in [-0.15, -0.1) is 0 Å². The Kier molecular flexibility index (Phi) is 6.21. The van der Waals surface area contributed by atoms with Crippen molar-refractivity contribution in [2.24, 2.45) is 5.10 Å². The molecule has 1 aromatic rings. The number of carbonyl (C=O) groups excluding carboxylic acids is 3.